The lowest BCUT2D eigenvalue weighted by Crippen LogP contribution is -1.97. The fourth-order valence-electron chi connectivity index (χ4n) is 2.43. The van der Waals surface area contributed by atoms with Crippen LogP contribution in [0.5, 0.6) is 11.5 Å². The number of nitrogens with zero attached hydrogens (tertiary/aromatic N) is 3. The van der Waals surface area contributed by atoms with Gasteiger partial charge in [-0.25, -0.2) is 4.98 Å². The molecule has 0 fully saturated rings. The number of carbonyl (C=O) groups excluding carboxylic acids is 1. The zero-order valence-electron chi connectivity index (χ0n) is 13.2. The summed E-state index contributed by atoms with van der Waals surface area (Å²) < 4.78 is 12.2. The van der Waals surface area contributed by atoms with Crippen LogP contribution in [-0.2, 0) is 12.8 Å². The SMILES string of the molecule is COc1ccc(CCc2nn3c(C=O)c(C)nc3s2)cc1OC. The Morgan fingerprint density at radius 3 is 2.70 bits per heavy atom. The van der Waals surface area contributed by atoms with Gasteiger partial charge in [0.2, 0.25) is 4.96 Å². The van der Waals surface area contributed by atoms with Gasteiger partial charge in [0.15, 0.2) is 17.8 Å². The zero-order chi connectivity index (χ0) is 16.4. The minimum Gasteiger partial charge on any atom is -0.493 e. The molecule has 2 heterocycles. The van der Waals surface area contributed by atoms with Gasteiger partial charge in [-0.2, -0.15) is 9.61 Å². The number of imidazole rings is 1. The minimum absolute atomic E-state index is 0.522. The predicted molar refractivity (Wildman–Crippen MR) is 87.9 cm³/mol. The quantitative estimate of drug-likeness (QED) is 0.650. The molecule has 0 atom stereocenters. The molecule has 0 saturated heterocycles. The van der Waals surface area contributed by atoms with E-state index in [0.717, 1.165) is 46.2 Å². The Morgan fingerprint density at radius 2 is 2.00 bits per heavy atom. The molecule has 0 spiro atoms. The van der Waals surface area contributed by atoms with Crippen molar-refractivity contribution < 1.29 is 14.3 Å². The molecule has 0 amide bonds. The highest BCUT2D eigenvalue weighted by atomic mass is 32.1. The van der Waals surface area contributed by atoms with Crippen LogP contribution in [-0.4, -0.2) is 35.1 Å². The Balaban J connectivity index is 1.78. The second kappa shape index (κ2) is 6.37. The third-order valence-corrected chi connectivity index (χ3v) is 4.62. The van der Waals surface area contributed by atoms with Gasteiger partial charge in [-0.1, -0.05) is 17.4 Å². The van der Waals surface area contributed by atoms with Gasteiger partial charge in [-0.3, -0.25) is 4.79 Å². The summed E-state index contributed by atoms with van der Waals surface area (Å²) in [6, 6.07) is 5.89. The molecule has 0 aliphatic carbocycles. The highest BCUT2D eigenvalue weighted by Crippen LogP contribution is 2.28. The second-order valence-electron chi connectivity index (χ2n) is 5.08. The molecule has 6 nitrogen and oxygen atoms in total. The van der Waals surface area contributed by atoms with E-state index in [-0.39, 0.29) is 0 Å². The molecule has 7 heteroatoms. The number of aromatic nitrogens is 3. The topological polar surface area (TPSA) is 65.7 Å². The monoisotopic (exact) mass is 331 g/mol. The molecule has 0 unspecified atom stereocenters. The molecule has 0 saturated carbocycles. The second-order valence-corrected chi connectivity index (χ2v) is 6.12. The Hall–Kier alpha value is -2.41. The van der Waals surface area contributed by atoms with Crippen molar-refractivity contribution in [2.75, 3.05) is 14.2 Å². The molecule has 23 heavy (non-hydrogen) atoms. The van der Waals surface area contributed by atoms with Crippen molar-refractivity contribution in [1.29, 1.82) is 0 Å². The van der Waals surface area contributed by atoms with Crippen LogP contribution in [0.1, 0.15) is 26.8 Å². The summed E-state index contributed by atoms with van der Waals surface area (Å²) in [6.45, 7) is 1.81. The van der Waals surface area contributed by atoms with Crippen molar-refractivity contribution in [2.45, 2.75) is 19.8 Å². The molecule has 1 aromatic carbocycles. The average molecular weight is 331 g/mol. The van der Waals surface area contributed by atoms with Crippen molar-refractivity contribution in [3.8, 4) is 11.5 Å². The molecule has 120 valence electrons. The Morgan fingerprint density at radius 1 is 1.22 bits per heavy atom. The maximum Gasteiger partial charge on any atom is 0.213 e. The smallest absolute Gasteiger partial charge is 0.213 e. The summed E-state index contributed by atoms with van der Waals surface area (Å²) in [5.74, 6) is 1.44. The number of aryl methyl sites for hydroxylation is 3. The number of rotatable bonds is 6. The van der Waals surface area contributed by atoms with E-state index in [1.165, 1.54) is 11.3 Å². The lowest BCUT2D eigenvalue weighted by atomic mass is 10.1. The fraction of sp³-hybridized carbons (Fsp3) is 0.312. The lowest BCUT2D eigenvalue weighted by Gasteiger charge is -2.09. The Bertz CT molecular complexity index is 854. The third kappa shape index (κ3) is 2.92. The number of ether oxygens (including phenoxy) is 2. The minimum atomic E-state index is 0.522. The van der Waals surface area contributed by atoms with E-state index in [1.807, 2.05) is 25.1 Å². The first-order valence-corrected chi connectivity index (χ1v) is 7.99. The molecular formula is C16H17N3O3S. The molecule has 3 aromatic rings. The molecule has 0 bridgehead atoms. The number of fused-ring (bicyclic) bond motifs is 1. The molecule has 0 N–H and O–H groups in total. The van der Waals surface area contributed by atoms with Crippen molar-refractivity contribution in [2.24, 2.45) is 0 Å². The summed E-state index contributed by atoms with van der Waals surface area (Å²) in [7, 11) is 3.25. The van der Waals surface area contributed by atoms with E-state index in [0.29, 0.717) is 11.4 Å². The first kappa shape index (κ1) is 15.5. The first-order chi connectivity index (χ1) is 11.2. The number of hydrogen-bond acceptors (Lipinski definition) is 6. The molecule has 0 aliphatic heterocycles. The van der Waals surface area contributed by atoms with E-state index < -0.39 is 0 Å². The van der Waals surface area contributed by atoms with E-state index in [4.69, 9.17) is 9.47 Å². The van der Waals surface area contributed by atoms with Gasteiger partial charge in [-0.15, -0.1) is 0 Å². The van der Waals surface area contributed by atoms with Crippen LogP contribution < -0.4 is 9.47 Å². The van der Waals surface area contributed by atoms with Gasteiger partial charge in [-0.05, 0) is 31.0 Å². The zero-order valence-corrected chi connectivity index (χ0v) is 14.0. The number of carbonyl (C=O) groups is 1. The van der Waals surface area contributed by atoms with Crippen LogP contribution in [0, 0.1) is 6.92 Å². The van der Waals surface area contributed by atoms with Gasteiger partial charge in [0.25, 0.3) is 0 Å². The molecule has 2 aromatic heterocycles. The van der Waals surface area contributed by atoms with Crippen molar-refractivity contribution in [1.82, 2.24) is 14.6 Å². The van der Waals surface area contributed by atoms with E-state index >= 15 is 0 Å². The van der Waals surface area contributed by atoms with Gasteiger partial charge in [0.1, 0.15) is 10.7 Å². The van der Waals surface area contributed by atoms with Crippen LogP contribution in [0.2, 0.25) is 0 Å². The van der Waals surface area contributed by atoms with Crippen molar-refractivity contribution in [3.63, 3.8) is 0 Å². The van der Waals surface area contributed by atoms with Crippen molar-refractivity contribution in [3.05, 3.63) is 40.2 Å². The molecule has 0 radical (unpaired) electrons. The summed E-state index contributed by atoms with van der Waals surface area (Å²) in [5, 5.41) is 5.43. The Labute approximate surface area is 137 Å². The summed E-state index contributed by atoms with van der Waals surface area (Å²) in [4.78, 5) is 16.2. The summed E-state index contributed by atoms with van der Waals surface area (Å²) in [6.07, 6.45) is 2.40. The van der Waals surface area contributed by atoms with Crippen LogP contribution in [0.3, 0.4) is 0 Å². The van der Waals surface area contributed by atoms with E-state index in [2.05, 4.69) is 10.1 Å². The van der Waals surface area contributed by atoms with Crippen LogP contribution >= 0.6 is 11.3 Å². The number of hydrogen-bond donors (Lipinski definition) is 0. The normalized spacial score (nSPS) is 10.9. The number of aldehydes is 1. The van der Waals surface area contributed by atoms with E-state index in [9.17, 15) is 4.79 Å². The summed E-state index contributed by atoms with van der Waals surface area (Å²) in [5.41, 5.74) is 2.38. The van der Waals surface area contributed by atoms with Gasteiger partial charge >= 0.3 is 0 Å². The maximum atomic E-state index is 11.1. The van der Waals surface area contributed by atoms with Crippen molar-refractivity contribution >= 4 is 22.6 Å². The van der Waals surface area contributed by atoms with Crippen LogP contribution in [0.25, 0.3) is 4.96 Å². The molecular weight excluding hydrogens is 314 g/mol. The van der Waals surface area contributed by atoms with Gasteiger partial charge in [0, 0.05) is 6.42 Å². The lowest BCUT2D eigenvalue weighted by molar-refractivity contribution is 0.111. The predicted octanol–water partition coefficient (Wildman–Crippen LogP) is 2.71. The standard InChI is InChI=1S/C16H17N3O3S/c1-10-12(9-20)19-16(17-10)23-15(18-19)7-5-11-4-6-13(21-2)14(8-11)22-3/h4,6,8-9H,5,7H2,1-3H3. The van der Waals surface area contributed by atoms with Gasteiger partial charge < -0.3 is 9.47 Å². The fourth-order valence-corrected chi connectivity index (χ4v) is 3.37. The largest absolute Gasteiger partial charge is 0.493 e. The number of benzene rings is 1. The highest BCUT2D eigenvalue weighted by molar-refractivity contribution is 7.16. The first-order valence-electron chi connectivity index (χ1n) is 7.17. The highest BCUT2D eigenvalue weighted by Gasteiger charge is 2.13. The Kier molecular flexibility index (Phi) is 4.29. The van der Waals surface area contributed by atoms with Crippen LogP contribution in [0.4, 0.5) is 0 Å². The average Bonchev–Trinajstić information content (AvgIpc) is 3.08. The van der Waals surface area contributed by atoms with Crippen LogP contribution in [0.15, 0.2) is 18.2 Å². The molecule has 3 rings (SSSR count). The van der Waals surface area contributed by atoms with Gasteiger partial charge in [0.05, 0.1) is 19.9 Å². The van der Waals surface area contributed by atoms with E-state index in [1.54, 1.807) is 18.7 Å². The third-order valence-electron chi connectivity index (χ3n) is 3.65. The number of methoxy groups -OCH3 is 2. The maximum absolute atomic E-state index is 11.1. The molecule has 0 aliphatic rings. The summed E-state index contributed by atoms with van der Waals surface area (Å²) >= 11 is 1.51.